The maximum atomic E-state index is 5.17. The summed E-state index contributed by atoms with van der Waals surface area (Å²) in [5.41, 5.74) is 14.4. The number of hydrogen-bond donors (Lipinski definition) is 0. The van der Waals surface area contributed by atoms with Crippen molar-refractivity contribution in [3.8, 4) is 44.8 Å². The SMILES string of the molecule is CC1(C)c2cc3c(cc2-c2ncc(-c4cccc5ccccc45)cc21)C(C)(C)c1cc(-c2cccc4ccccc24)cnc1-3. The average molecular weight is 565 g/mol. The van der Waals surface area contributed by atoms with E-state index in [1.54, 1.807) is 0 Å². The predicted molar refractivity (Wildman–Crippen MR) is 183 cm³/mol. The molecule has 2 aliphatic rings. The molecule has 210 valence electrons. The van der Waals surface area contributed by atoms with Crippen molar-refractivity contribution < 1.29 is 0 Å². The van der Waals surface area contributed by atoms with Crippen LogP contribution in [0.25, 0.3) is 66.3 Å². The number of rotatable bonds is 2. The van der Waals surface area contributed by atoms with E-state index in [1.165, 1.54) is 77.2 Å². The number of hydrogen-bond acceptors (Lipinski definition) is 2. The molecule has 0 N–H and O–H groups in total. The molecule has 2 nitrogen and oxygen atoms in total. The van der Waals surface area contributed by atoms with Gasteiger partial charge in [-0.3, -0.25) is 9.97 Å². The molecule has 2 aromatic heterocycles. The topological polar surface area (TPSA) is 25.8 Å². The van der Waals surface area contributed by atoms with E-state index in [-0.39, 0.29) is 10.8 Å². The third kappa shape index (κ3) is 3.37. The summed E-state index contributed by atoms with van der Waals surface area (Å²) < 4.78 is 0. The van der Waals surface area contributed by atoms with Gasteiger partial charge in [-0.2, -0.15) is 0 Å². The van der Waals surface area contributed by atoms with Crippen LogP contribution < -0.4 is 0 Å². The van der Waals surface area contributed by atoms with Gasteiger partial charge in [0.1, 0.15) is 0 Å². The quantitative estimate of drug-likeness (QED) is 0.209. The van der Waals surface area contributed by atoms with Crippen LogP contribution in [-0.4, -0.2) is 9.97 Å². The number of aromatic nitrogens is 2. The van der Waals surface area contributed by atoms with E-state index in [9.17, 15) is 0 Å². The molecule has 7 aromatic rings. The number of nitrogens with zero attached hydrogens (tertiary/aromatic N) is 2. The van der Waals surface area contributed by atoms with Gasteiger partial charge in [0, 0.05) is 45.5 Å². The molecule has 0 unspecified atom stereocenters. The molecule has 0 atom stereocenters. The summed E-state index contributed by atoms with van der Waals surface area (Å²) in [5.74, 6) is 0. The van der Waals surface area contributed by atoms with Crippen molar-refractivity contribution in [3.05, 3.63) is 144 Å². The Balaban J connectivity index is 1.18. The van der Waals surface area contributed by atoms with Gasteiger partial charge in [-0.15, -0.1) is 0 Å². The molecule has 0 fully saturated rings. The Bertz CT molecular complexity index is 2160. The Morgan fingerprint density at radius 1 is 0.409 bits per heavy atom. The van der Waals surface area contributed by atoms with Crippen LogP contribution >= 0.6 is 0 Å². The summed E-state index contributed by atoms with van der Waals surface area (Å²) in [4.78, 5) is 10.3. The second-order valence-electron chi connectivity index (χ2n) is 13.5. The molecule has 0 amide bonds. The van der Waals surface area contributed by atoms with Gasteiger partial charge in [0.15, 0.2) is 0 Å². The Kier molecular flexibility index (Phi) is 5.05. The lowest BCUT2D eigenvalue weighted by atomic mass is 9.79. The van der Waals surface area contributed by atoms with Gasteiger partial charge in [-0.05, 0) is 79.2 Å². The minimum atomic E-state index is -0.177. The van der Waals surface area contributed by atoms with Crippen LogP contribution in [0, 0.1) is 0 Å². The van der Waals surface area contributed by atoms with Gasteiger partial charge in [0.2, 0.25) is 0 Å². The summed E-state index contributed by atoms with van der Waals surface area (Å²) >= 11 is 0. The van der Waals surface area contributed by atoms with Gasteiger partial charge >= 0.3 is 0 Å². The lowest BCUT2D eigenvalue weighted by Gasteiger charge is -2.24. The molecule has 0 aliphatic heterocycles. The second kappa shape index (κ2) is 8.74. The highest BCUT2D eigenvalue weighted by Gasteiger charge is 2.43. The van der Waals surface area contributed by atoms with Crippen molar-refractivity contribution in [1.29, 1.82) is 0 Å². The molecule has 2 heterocycles. The minimum absolute atomic E-state index is 0.177. The fraction of sp³-hybridized carbons (Fsp3) is 0.143. The van der Waals surface area contributed by atoms with Crippen LogP contribution in [0.2, 0.25) is 0 Å². The first-order valence-corrected chi connectivity index (χ1v) is 15.5. The average Bonchev–Trinajstić information content (AvgIpc) is 3.41. The van der Waals surface area contributed by atoms with Crippen LogP contribution in [0.15, 0.2) is 122 Å². The lowest BCUT2D eigenvalue weighted by Crippen LogP contribution is -2.17. The Morgan fingerprint density at radius 3 is 1.27 bits per heavy atom. The van der Waals surface area contributed by atoms with Crippen LogP contribution in [-0.2, 0) is 10.8 Å². The van der Waals surface area contributed by atoms with Crippen molar-refractivity contribution >= 4 is 21.5 Å². The largest absolute Gasteiger partial charge is 0.255 e. The minimum Gasteiger partial charge on any atom is -0.255 e. The summed E-state index contributed by atoms with van der Waals surface area (Å²) in [5, 5.41) is 5.02. The fourth-order valence-corrected chi connectivity index (χ4v) is 7.88. The van der Waals surface area contributed by atoms with Gasteiger partial charge in [-0.25, -0.2) is 0 Å². The monoisotopic (exact) mass is 564 g/mol. The Labute approximate surface area is 258 Å². The first kappa shape index (κ1) is 25.4. The fourth-order valence-electron chi connectivity index (χ4n) is 7.88. The van der Waals surface area contributed by atoms with E-state index in [0.717, 1.165) is 11.4 Å². The zero-order valence-electron chi connectivity index (χ0n) is 25.4. The van der Waals surface area contributed by atoms with Crippen LogP contribution in [0.3, 0.4) is 0 Å². The van der Waals surface area contributed by atoms with Crippen LogP contribution in [0.4, 0.5) is 0 Å². The van der Waals surface area contributed by atoms with Crippen molar-refractivity contribution in [2.75, 3.05) is 0 Å². The summed E-state index contributed by atoms with van der Waals surface area (Å²) in [7, 11) is 0. The highest BCUT2D eigenvalue weighted by Crippen LogP contribution is 2.56. The highest BCUT2D eigenvalue weighted by molar-refractivity contribution is 5.99. The lowest BCUT2D eigenvalue weighted by molar-refractivity contribution is 0.651. The van der Waals surface area contributed by atoms with Crippen LogP contribution in [0.5, 0.6) is 0 Å². The molecule has 9 rings (SSSR count). The van der Waals surface area contributed by atoms with E-state index < -0.39 is 0 Å². The maximum Gasteiger partial charge on any atom is 0.0746 e. The Hall–Kier alpha value is -5.08. The van der Waals surface area contributed by atoms with Crippen molar-refractivity contribution in [2.24, 2.45) is 0 Å². The first-order valence-electron chi connectivity index (χ1n) is 15.5. The van der Waals surface area contributed by atoms with E-state index in [2.05, 4.69) is 149 Å². The maximum absolute atomic E-state index is 5.17. The molecule has 2 aliphatic carbocycles. The second-order valence-corrected chi connectivity index (χ2v) is 13.5. The van der Waals surface area contributed by atoms with Gasteiger partial charge < -0.3 is 0 Å². The van der Waals surface area contributed by atoms with Crippen molar-refractivity contribution in [3.63, 3.8) is 0 Å². The number of fused-ring (bicyclic) bond motifs is 8. The van der Waals surface area contributed by atoms with Gasteiger partial charge in [0.25, 0.3) is 0 Å². The van der Waals surface area contributed by atoms with E-state index >= 15 is 0 Å². The third-order valence-electron chi connectivity index (χ3n) is 10.3. The zero-order valence-corrected chi connectivity index (χ0v) is 25.4. The molecule has 0 spiro atoms. The first-order chi connectivity index (χ1) is 21.3. The summed E-state index contributed by atoms with van der Waals surface area (Å²) in [6, 6.07) is 39.9. The summed E-state index contributed by atoms with van der Waals surface area (Å²) in [6.07, 6.45) is 4.13. The number of benzene rings is 5. The van der Waals surface area contributed by atoms with Crippen molar-refractivity contribution in [2.45, 2.75) is 38.5 Å². The van der Waals surface area contributed by atoms with E-state index in [4.69, 9.17) is 9.97 Å². The Morgan fingerprint density at radius 2 is 0.818 bits per heavy atom. The molecular formula is C42H32N2. The van der Waals surface area contributed by atoms with Crippen molar-refractivity contribution in [1.82, 2.24) is 9.97 Å². The normalized spacial score (nSPS) is 15.2. The molecule has 0 saturated carbocycles. The molecule has 44 heavy (non-hydrogen) atoms. The molecule has 0 bridgehead atoms. The highest BCUT2D eigenvalue weighted by atomic mass is 14.7. The molecular weight excluding hydrogens is 532 g/mol. The van der Waals surface area contributed by atoms with E-state index in [0.29, 0.717) is 0 Å². The van der Waals surface area contributed by atoms with Gasteiger partial charge in [-0.1, -0.05) is 113 Å². The number of pyridine rings is 2. The standard InChI is InChI=1S/C42H32N2/c1-41(2)35-21-34-36(22-33(35)39-37(41)19-27(23-43-39)31-17-9-13-25-11-5-7-15-29(25)31)42(3,4)38-20-28(24-44-40(34)38)32-18-10-14-26-12-6-8-16-30(26)32/h5-24H,1-4H3. The molecule has 2 heteroatoms. The van der Waals surface area contributed by atoms with Gasteiger partial charge in [0.05, 0.1) is 11.4 Å². The van der Waals surface area contributed by atoms with E-state index in [1.807, 2.05) is 0 Å². The zero-order chi connectivity index (χ0) is 29.8. The third-order valence-corrected chi connectivity index (χ3v) is 10.3. The van der Waals surface area contributed by atoms with Crippen LogP contribution in [0.1, 0.15) is 49.9 Å². The summed E-state index contributed by atoms with van der Waals surface area (Å²) in [6.45, 7) is 9.38. The molecule has 5 aromatic carbocycles. The molecule has 0 radical (unpaired) electrons. The molecule has 0 saturated heterocycles. The smallest absolute Gasteiger partial charge is 0.0746 e. The predicted octanol–water partition coefficient (Wildman–Crippen LogP) is 10.7.